The number of nitrogens with zero attached hydrogens (tertiary/aromatic N) is 2. The van der Waals surface area contributed by atoms with Crippen molar-refractivity contribution in [2.24, 2.45) is 5.92 Å². The summed E-state index contributed by atoms with van der Waals surface area (Å²) < 4.78 is 24.3. The number of methoxy groups -OCH3 is 1. The van der Waals surface area contributed by atoms with Gasteiger partial charge in [-0.05, 0) is 73.4 Å². The second-order valence-corrected chi connectivity index (χ2v) is 7.90. The van der Waals surface area contributed by atoms with Crippen LogP contribution in [0.2, 0.25) is 0 Å². The lowest BCUT2D eigenvalue weighted by Crippen LogP contribution is -2.13. The zero-order chi connectivity index (χ0) is 20.2. The van der Waals surface area contributed by atoms with E-state index in [9.17, 15) is 4.39 Å². The highest BCUT2D eigenvalue weighted by molar-refractivity contribution is 5.61. The molecule has 0 amide bonds. The Morgan fingerprint density at radius 3 is 2.41 bits per heavy atom. The molecule has 1 aliphatic rings. The lowest BCUT2D eigenvalue weighted by molar-refractivity contribution is 0.308. The second kappa shape index (κ2) is 8.76. The van der Waals surface area contributed by atoms with Crippen LogP contribution >= 0.6 is 0 Å². The number of hydrogen-bond acceptors (Lipinski definition) is 4. The van der Waals surface area contributed by atoms with E-state index in [1.54, 1.807) is 12.1 Å². The summed E-state index contributed by atoms with van der Waals surface area (Å²) >= 11 is 0. The topological polar surface area (TPSA) is 48.2 Å². The van der Waals surface area contributed by atoms with Crippen molar-refractivity contribution in [2.45, 2.75) is 51.4 Å². The van der Waals surface area contributed by atoms with Crippen molar-refractivity contribution >= 4 is 0 Å². The first kappa shape index (κ1) is 19.6. The van der Waals surface area contributed by atoms with Gasteiger partial charge in [-0.2, -0.15) is 4.98 Å². The zero-order valence-electron chi connectivity index (χ0n) is 17.0. The number of rotatable bonds is 6. The van der Waals surface area contributed by atoms with Gasteiger partial charge in [0.2, 0.25) is 5.82 Å². The maximum atomic E-state index is 13.9. The number of ether oxygens (including phenoxy) is 1. The Hall–Kier alpha value is -2.69. The molecule has 3 aromatic rings. The Balaban J connectivity index is 1.46. The van der Waals surface area contributed by atoms with Gasteiger partial charge in [-0.1, -0.05) is 37.1 Å². The molecule has 1 aromatic heterocycles. The summed E-state index contributed by atoms with van der Waals surface area (Å²) in [6.45, 7) is 2.28. The van der Waals surface area contributed by atoms with Gasteiger partial charge in [0.05, 0.1) is 7.11 Å². The first-order valence-corrected chi connectivity index (χ1v) is 10.5. The standard InChI is InChI=1S/C24H27FN2O2/c1-3-4-16-5-7-17(8-6-16)18-9-11-19(12-10-18)24-26-23(27-29-24)20-13-14-22(28-2)21(25)15-20/h9-17H,3-8H2,1-2H3. The van der Waals surface area contributed by atoms with E-state index < -0.39 is 5.82 Å². The van der Waals surface area contributed by atoms with Gasteiger partial charge in [-0.25, -0.2) is 4.39 Å². The Labute approximate surface area is 171 Å². The summed E-state index contributed by atoms with van der Waals surface area (Å²) in [5, 5.41) is 4.00. The minimum Gasteiger partial charge on any atom is -0.494 e. The molecule has 0 N–H and O–H groups in total. The number of halogens is 1. The smallest absolute Gasteiger partial charge is 0.258 e. The highest BCUT2D eigenvalue weighted by atomic mass is 19.1. The fourth-order valence-corrected chi connectivity index (χ4v) is 4.35. The molecular formula is C24H27FN2O2. The minimum absolute atomic E-state index is 0.191. The van der Waals surface area contributed by atoms with Crippen LogP contribution < -0.4 is 4.74 Å². The summed E-state index contributed by atoms with van der Waals surface area (Å²) in [6.07, 6.45) is 7.88. The van der Waals surface area contributed by atoms with Gasteiger partial charge in [-0.15, -0.1) is 0 Å². The van der Waals surface area contributed by atoms with Crippen molar-refractivity contribution in [1.29, 1.82) is 0 Å². The van der Waals surface area contributed by atoms with Crippen molar-refractivity contribution in [3.8, 4) is 28.6 Å². The van der Waals surface area contributed by atoms with Crippen LogP contribution in [0.3, 0.4) is 0 Å². The van der Waals surface area contributed by atoms with E-state index in [2.05, 4.69) is 29.2 Å². The van der Waals surface area contributed by atoms with Crippen LogP contribution in [-0.2, 0) is 0 Å². The van der Waals surface area contributed by atoms with E-state index >= 15 is 0 Å². The largest absolute Gasteiger partial charge is 0.494 e. The Morgan fingerprint density at radius 2 is 1.76 bits per heavy atom. The first-order chi connectivity index (χ1) is 14.2. The third kappa shape index (κ3) is 4.34. The quantitative estimate of drug-likeness (QED) is 0.471. The molecule has 2 aromatic carbocycles. The predicted molar refractivity (Wildman–Crippen MR) is 111 cm³/mol. The molecular weight excluding hydrogens is 367 g/mol. The zero-order valence-corrected chi connectivity index (χ0v) is 17.0. The predicted octanol–water partition coefficient (Wildman–Crippen LogP) is 6.63. The molecule has 0 aliphatic heterocycles. The lowest BCUT2D eigenvalue weighted by atomic mass is 9.77. The van der Waals surface area contributed by atoms with Crippen LogP contribution in [0.15, 0.2) is 47.0 Å². The van der Waals surface area contributed by atoms with Crippen molar-refractivity contribution in [3.05, 3.63) is 53.8 Å². The third-order valence-electron chi connectivity index (χ3n) is 6.01. The van der Waals surface area contributed by atoms with E-state index in [4.69, 9.17) is 9.26 Å². The average molecular weight is 394 g/mol. The molecule has 5 heteroatoms. The second-order valence-electron chi connectivity index (χ2n) is 7.90. The van der Waals surface area contributed by atoms with Gasteiger partial charge in [0.15, 0.2) is 11.6 Å². The normalized spacial score (nSPS) is 19.3. The van der Waals surface area contributed by atoms with Gasteiger partial charge < -0.3 is 9.26 Å². The van der Waals surface area contributed by atoms with Gasteiger partial charge in [0.1, 0.15) is 0 Å². The van der Waals surface area contributed by atoms with Gasteiger partial charge >= 0.3 is 0 Å². The fourth-order valence-electron chi connectivity index (χ4n) is 4.35. The molecule has 1 aliphatic carbocycles. The number of hydrogen-bond donors (Lipinski definition) is 0. The molecule has 1 fully saturated rings. The van der Waals surface area contributed by atoms with Gasteiger partial charge in [0.25, 0.3) is 5.89 Å². The van der Waals surface area contributed by atoms with Crippen LogP contribution in [0.25, 0.3) is 22.8 Å². The fraction of sp³-hybridized carbons (Fsp3) is 0.417. The molecule has 0 saturated heterocycles. The van der Waals surface area contributed by atoms with E-state index in [1.807, 2.05) is 12.1 Å². The van der Waals surface area contributed by atoms with E-state index in [0.29, 0.717) is 23.2 Å². The van der Waals surface area contributed by atoms with Crippen LogP contribution in [0.5, 0.6) is 5.75 Å². The Kier molecular flexibility index (Phi) is 5.93. The van der Waals surface area contributed by atoms with E-state index in [1.165, 1.54) is 57.3 Å². The molecule has 0 bridgehead atoms. The molecule has 1 saturated carbocycles. The highest BCUT2D eigenvalue weighted by Gasteiger charge is 2.22. The van der Waals surface area contributed by atoms with Crippen LogP contribution in [0.1, 0.15) is 56.9 Å². The van der Waals surface area contributed by atoms with Crippen LogP contribution in [-0.4, -0.2) is 17.3 Å². The molecule has 4 nitrogen and oxygen atoms in total. The highest BCUT2D eigenvalue weighted by Crippen LogP contribution is 2.38. The third-order valence-corrected chi connectivity index (χ3v) is 6.01. The Bertz CT molecular complexity index is 944. The van der Waals surface area contributed by atoms with E-state index in [0.717, 1.165) is 11.5 Å². The molecule has 0 radical (unpaired) electrons. The SMILES string of the molecule is CCCC1CCC(c2ccc(-c3nc(-c4ccc(OC)c(F)c4)no3)cc2)CC1. The minimum atomic E-state index is -0.450. The Morgan fingerprint density at radius 1 is 1.03 bits per heavy atom. The summed E-state index contributed by atoms with van der Waals surface area (Å²) in [4.78, 5) is 4.43. The van der Waals surface area contributed by atoms with E-state index in [-0.39, 0.29) is 5.75 Å². The molecule has 29 heavy (non-hydrogen) atoms. The van der Waals surface area contributed by atoms with Crippen molar-refractivity contribution < 1.29 is 13.7 Å². The van der Waals surface area contributed by atoms with Gasteiger partial charge in [-0.3, -0.25) is 0 Å². The summed E-state index contributed by atoms with van der Waals surface area (Å²) in [5.41, 5.74) is 2.82. The summed E-state index contributed by atoms with van der Waals surface area (Å²) in [6, 6.07) is 13.1. The molecule has 4 rings (SSSR count). The number of benzene rings is 2. The van der Waals surface area contributed by atoms with Crippen molar-refractivity contribution in [1.82, 2.24) is 10.1 Å². The maximum Gasteiger partial charge on any atom is 0.258 e. The summed E-state index contributed by atoms with van der Waals surface area (Å²) in [5.74, 6) is 2.10. The number of aromatic nitrogens is 2. The monoisotopic (exact) mass is 394 g/mol. The summed E-state index contributed by atoms with van der Waals surface area (Å²) in [7, 11) is 1.44. The first-order valence-electron chi connectivity index (χ1n) is 10.5. The van der Waals surface area contributed by atoms with Crippen LogP contribution in [0.4, 0.5) is 4.39 Å². The molecule has 0 unspecified atom stereocenters. The van der Waals surface area contributed by atoms with Crippen LogP contribution in [0, 0.1) is 11.7 Å². The molecule has 0 spiro atoms. The molecule has 0 atom stereocenters. The molecule has 152 valence electrons. The van der Waals surface area contributed by atoms with Crippen molar-refractivity contribution in [3.63, 3.8) is 0 Å². The van der Waals surface area contributed by atoms with Gasteiger partial charge in [0, 0.05) is 11.1 Å². The van der Waals surface area contributed by atoms with Crippen molar-refractivity contribution in [2.75, 3.05) is 7.11 Å². The average Bonchev–Trinajstić information content (AvgIpc) is 3.25. The maximum absolute atomic E-state index is 13.9. The lowest BCUT2D eigenvalue weighted by Gasteiger charge is -2.28. The molecule has 1 heterocycles.